The average molecular weight is 351 g/mol. The molecule has 1 nitrogen and oxygen atoms in total. The molecule has 0 radical (unpaired) electrons. The highest BCUT2D eigenvalue weighted by Crippen LogP contribution is 2.39. The molecule has 0 bridgehead atoms. The van der Waals surface area contributed by atoms with Gasteiger partial charge < -0.3 is 0 Å². The molecule has 0 N–H and O–H groups in total. The van der Waals surface area contributed by atoms with Crippen molar-refractivity contribution in [2.75, 3.05) is 0 Å². The summed E-state index contributed by atoms with van der Waals surface area (Å²) in [5.74, 6) is 0. The van der Waals surface area contributed by atoms with Crippen molar-refractivity contribution in [1.82, 2.24) is 4.98 Å². The number of hydrogen-bond acceptors (Lipinski definition) is 1. The number of rotatable bonds is 2. The van der Waals surface area contributed by atoms with Crippen LogP contribution in [0.1, 0.15) is 30.7 Å². The molecule has 2 unspecified atom stereocenters. The fourth-order valence-electron chi connectivity index (χ4n) is 1.40. The van der Waals surface area contributed by atoms with Crippen LogP contribution in [0.3, 0.4) is 0 Å². The fourth-order valence-corrected chi connectivity index (χ4v) is 2.28. The smallest absolute Gasteiger partial charge is 0.125 e. The molecule has 1 rings (SSSR count). The van der Waals surface area contributed by atoms with Crippen LogP contribution >= 0.6 is 41.1 Å². The SMILES string of the molecule is BC(P)(P)c1cc(C(C)(C)I)cnc1C. The maximum Gasteiger partial charge on any atom is 0.125 e. The van der Waals surface area contributed by atoms with E-state index in [9.17, 15) is 0 Å². The second kappa shape index (κ2) is 4.59. The van der Waals surface area contributed by atoms with Gasteiger partial charge in [0.2, 0.25) is 0 Å². The molecule has 0 saturated heterocycles. The van der Waals surface area contributed by atoms with Gasteiger partial charge in [0.15, 0.2) is 0 Å². The minimum absolute atomic E-state index is 0.00891. The van der Waals surface area contributed by atoms with E-state index in [1.165, 1.54) is 11.1 Å². The van der Waals surface area contributed by atoms with Gasteiger partial charge in [-0.15, -0.1) is 18.5 Å². The Morgan fingerprint density at radius 1 is 1.40 bits per heavy atom. The normalized spacial score (nSPS) is 12.9. The van der Waals surface area contributed by atoms with Crippen molar-refractivity contribution in [3.8, 4) is 0 Å². The molecule has 0 aliphatic carbocycles. The van der Waals surface area contributed by atoms with Gasteiger partial charge in [0.1, 0.15) is 7.85 Å². The summed E-state index contributed by atoms with van der Waals surface area (Å²) in [5, 5.41) is 0. The lowest BCUT2D eigenvalue weighted by atomic mass is 9.91. The third-order valence-corrected chi connectivity index (χ3v) is 3.60. The van der Waals surface area contributed by atoms with E-state index in [1.54, 1.807) is 0 Å². The first-order valence-electron chi connectivity index (χ1n) is 4.86. The summed E-state index contributed by atoms with van der Waals surface area (Å²) in [5.41, 5.74) is 3.66. The largest absolute Gasteiger partial charge is 0.261 e. The second-order valence-electron chi connectivity index (χ2n) is 4.61. The van der Waals surface area contributed by atoms with Crippen LogP contribution in [-0.2, 0) is 8.22 Å². The van der Waals surface area contributed by atoms with Crippen LogP contribution in [-0.4, -0.2) is 12.8 Å². The first kappa shape index (κ1) is 13.9. The van der Waals surface area contributed by atoms with Crippen molar-refractivity contribution in [1.29, 1.82) is 0 Å². The van der Waals surface area contributed by atoms with Crippen LogP contribution < -0.4 is 0 Å². The number of aromatic nitrogens is 1. The minimum atomic E-state index is 0.00891. The summed E-state index contributed by atoms with van der Waals surface area (Å²) in [6, 6.07) is 2.26. The highest BCUT2D eigenvalue weighted by atomic mass is 127. The van der Waals surface area contributed by atoms with Gasteiger partial charge in [0.05, 0.1) is 0 Å². The molecule has 0 aromatic carbocycles. The van der Waals surface area contributed by atoms with Crippen molar-refractivity contribution in [3.63, 3.8) is 0 Å². The summed E-state index contributed by atoms with van der Waals surface area (Å²) in [6.07, 6.45) is 1.98. The van der Waals surface area contributed by atoms with Gasteiger partial charge in [-0.1, -0.05) is 28.7 Å². The standard InChI is InChI=1S/C10H17BINP2/c1-6-8(10(11,14)15)4-7(5-13-6)9(2,3)12/h4-5H,11,14-15H2,1-3H3. The number of hydrogen-bond donors (Lipinski definition) is 0. The molecule has 0 spiro atoms. The number of pyridine rings is 1. The van der Waals surface area contributed by atoms with Crippen LogP contribution in [0.4, 0.5) is 0 Å². The third kappa shape index (κ3) is 3.65. The van der Waals surface area contributed by atoms with Gasteiger partial charge in [0, 0.05) is 15.3 Å². The van der Waals surface area contributed by atoms with E-state index < -0.39 is 0 Å². The van der Waals surface area contributed by atoms with Gasteiger partial charge >= 0.3 is 0 Å². The molecule has 0 saturated carbocycles. The zero-order chi connectivity index (χ0) is 11.9. The van der Waals surface area contributed by atoms with E-state index in [4.69, 9.17) is 0 Å². The first-order chi connectivity index (χ1) is 6.62. The molecule has 0 fully saturated rings. The molecule has 1 aromatic heterocycles. The Morgan fingerprint density at radius 3 is 2.33 bits per heavy atom. The minimum Gasteiger partial charge on any atom is -0.261 e. The number of nitrogens with zero attached hydrogens (tertiary/aromatic N) is 1. The molecule has 0 amide bonds. The molecule has 1 aromatic rings. The van der Waals surface area contributed by atoms with Crippen LogP contribution in [0.5, 0.6) is 0 Å². The van der Waals surface area contributed by atoms with Gasteiger partial charge in [0.25, 0.3) is 0 Å². The highest BCUT2D eigenvalue weighted by molar-refractivity contribution is 14.1. The first-order valence-corrected chi connectivity index (χ1v) is 7.10. The Balaban J connectivity index is 3.30. The van der Waals surface area contributed by atoms with Gasteiger partial charge in [-0.3, -0.25) is 4.98 Å². The monoisotopic (exact) mass is 351 g/mol. The van der Waals surface area contributed by atoms with E-state index in [0.29, 0.717) is 0 Å². The zero-order valence-corrected chi connectivity index (χ0v) is 14.1. The van der Waals surface area contributed by atoms with E-state index in [0.717, 1.165) is 5.69 Å². The molecule has 5 heteroatoms. The number of aryl methyl sites for hydroxylation is 1. The summed E-state index contributed by atoms with van der Waals surface area (Å²) >= 11 is 2.45. The van der Waals surface area contributed by atoms with Crippen LogP contribution in [0.2, 0.25) is 0 Å². The van der Waals surface area contributed by atoms with Crippen molar-refractivity contribution >= 4 is 48.9 Å². The Labute approximate surface area is 112 Å². The van der Waals surface area contributed by atoms with Gasteiger partial charge in [-0.25, -0.2) is 0 Å². The Hall–Kier alpha value is 0.805. The van der Waals surface area contributed by atoms with E-state index in [-0.39, 0.29) is 8.22 Å². The van der Waals surface area contributed by atoms with Crippen molar-refractivity contribution in [3.05, 3.63) is 29.1 Å². The Bertz CT molecular complexity index is 369. The van der Waals surface area contributed by atoms with Gasteiger partial charge in [-0.05, 0) is 36.7 Å². The maximum atomic E-state index is 4.48. The predicted molar refractivity (Wildman–Crippen MR) is 85.7 cm³/mol. The maximum absolute atomic E-state index is 4.48. The average Bonchev–Trinajstić information content (AvgIpc) is 2.00. The van der Waals surface area contributed by atoms with Crippen LogP contribution in [0.25, 0.3) is 0 Å². The molecule has 0 aliphatic rings. The van der Waals surface area contributed by atoms with Crippen LogP contribution in [0.15, 0.2) is 12.3 Å². The predicted octanol–water partition coefficient (Wildman–Crippen LogP) is 2.55. The van der Waals surface area contributed by atoms with Crippen molar-refractivity contribution < 1.29 is 0 Å². The lowest BCUT2D eigenvalue weighted by Gasteiger charge is -2.24. The Kier molecular flexibility index (Phi) is 4.24. The zero-order valence-electron chi connectivity index (χ0n) is 9.63. The second-order valence-corrected chi connectivity index (χ2v) is 10.4. The van der Waals surface area contributed by atoms with Crippen LogP contribution in [0, 0.1) is 6.92 Å². The molecule has 15 heavy (non-hydrogen) atoms. The molecule has 2 atom stereocenters. The molecular formula is C10H17BINP2. The number of alkyl halides is 1. The Morgan fingerprint density at radius 2 is 1.93 bits per heavy atom. The lowest BCUT2D eigenvalue weighted by Crippen LogP contribution is -2.15. The lowest BCUT2D eigenvalue weighted by molar-refractivity contribution is 0.813. The number of halogens is 1. The molecule has 0 aliphatic heterocycles. The van der Waals surface area contributed by atoms with Crippen molar-refractivity contribution in [2.45, 2.75) is 29.0 Å². The van der Waals surface area contributed by atoms with E-state index in [1.807, 2.05) is 6.20 Å². The summed E-state index contributed by atoms with van der Waals surface area (Å²) in [4.78, 5) is 4.49. The van der Waals surface area contributed by atoms with E-state index in [2.05, 4.69) is 80.7 Å². The van der Waals surface area contributed by atoms with E-state index >= 15 is 0 Å². The molecule has 82 valence electrons. The summed E-state index contributed by atoms with van der Waals surface area (Å²) in [7, 11) is 7.86. The summed E-state index contributed by atoms with van der Waals surface area (Å²) in [6.45, 7) is 6.46. The third-order valence-electron chi connectivity index (χ3n) is 2.35. The highest BCUT2D eigenvalue weighted by Gasteiger charge is 2.22. The van der Waals surface area contributed by atoms with Crippen molar-refractivity contribution in [2.24, 2.45) is 0 Å². The summed E-state index contributed by atoms with van der Waals surface area (Å²) < 4.78 is 0.133. The van der Waals surface area contributed by atoms with Gasteiger partial charge in [-0.2, -0.15) is 0 Å². The molecular weight excluding hydrogens is 334 g/mol. The fraction of sp³-hybridized carbons (Fsp3) is 0.500. The quantitative estimate of drug-likeness (QED) is 0.346. The molecule has 1 heterocycles. The topological polar surface area (TPSA) is 12.9 Å².